The van der Waals surface area contributed by atoms with Crippen LogP contribution in [0, 0.1) is 0 Å². The van der Waals surface area contributed by atoms with Crippen LogP contribution < -0.4 is 0 Å². The van der Waals surface area contributed by atoms with Crippen LogP contribution in [0.15, 0.2) is 437 Å². The molecule has 16 aromatic carbocycles. The molecule has 0 saturated carbocycles. The van der Waals surface area contributed by atoms with E-state index in [9.17, 15) is 0 Å². The van der Waals surface area contributed by atoms with Crippen molar-refractivity contribution < 1.29 is 0 Å². The van der Waals surface area contributed by atoms with E-state index in [0.717, 1.165) is 200 Å². The van der Waals surface area contributed by atoms with Gasteiger partial charge in [0, 0.05) is 73.5 Å². The molecule has 0 radical (unpaired) electrons. The third kappa shape index (κ3) is 16.2. The summed E-state index contributed by atoms with van der Waals surface area (Å²) in [6, 6.07) is 151. The predicted molar refractivity (Wildman–Crippen MR) is 542 cm³/mol. The average molecular weight is 1690 g/mol. The number of hydrogen-bond donors (Lipinski definition) is 0. The number of halogens is 1. The zero-order chi connectivity index (χ0) is 88.0. The van der Waals surface area contributed by atoms with Gasteiger partial charge in [-0.05, 0) is 266 Å². The van der Waals surface area contributed by atoms with Gasteiger partial charge in [-0.3, -0.25) is 15.0 Å². The summed E-state index contributed by atoms with van der Waals surface area (Å²) in [5.41, 5.74) is 37.4. The minimum absolute atomic E-state index is 0.0656. The zero-order valence-electron chi connectivity index (χ0n) is 73.1. The topological polar surface area (TPSA) is 82.3 Å². The van der Waals surface area contributed by atoms with Crippen molar-refractivity contribution in [1.29, 1.82) is 0 Å². The van der Waals surface area contributed by atoms with Crippen molar-refractivity contribution in [3.63, 3.8) is 0 Å². The number of benzene rings is 16. The van der Waals surface area contributed by atoms with Crippen molar-refractivity contribution in [1.82, 2.24) is 34.5 Å². The molecule has 0 N–H and O–H groups in total. The van der Waals surface area contributed by atoms with Gasteiger partial charge in [0.05, 0.1) is 28.1 Å². The second-order valence-electron chi connectivity index (χ2n) is 35.5. The molecule has 5 aromatic heterocycles. The van der Waals surface area contributed by atoms with E-state index < -0.39 is 0 Å². The van der Waals surface area contributed by atoms with E-state index in [-0.39, 0.29) is 10.8 Å². The van der Waals surface area contributed by atoms with Crippen LogP contribution in [0.4, 0.5) is 0 Å². The summed E-state index contributed by atoms with van der Waals surface area (Å²) in [5, 5.41) is 2.96. The van der Waals surface area contributed by atoms with Crippen molar-refractivity contribution in [3.8, 4) is 196 Å². The van der Waals surface area contributed by atoms with Crippen LogP contribution in [0.3, 0.4) is 0 Å². The molecule has 0 spiro atoms. The lowest BCUT2D eigenvalue weighted by Gasteiger charge is -2.21. The first-order valence-corrected chi connectivity index (χ1v) is 44.7. The third-order valence-corrected chi connectivity index (χ3v) is 25.3. The quantitative estimate of drug-likeness (QED) is 0.0851. The molecular weight excluding hydrogens is 1600 g/mol. The lowest BCUT2D eigenvalue weighted by molar-refractivity contribution is 0.589. The smallest absolute Gasteiger partial charge is 0.165 e. The predicted octanol–water partition coefficient (Wildman–Crippen LogP) is 32.7. The Morgan fingerprint density at radius 2 is 0.554 bits per heavy atom. The molecule has 8 heteroatoms. The molecule has 0 atom stereocenters. The molecule has 7 nitrogen and oxygen atoms in total. The summed E-state index contributed by atoms with van der Waals surface area (Å²) in [6.07, 6.45) is 5.81. The molecular formula is C122H90ClN7. The SMILES string of the molecule is CC(C)(C)c1ccnc(-c2ccc(-c3ccccc3-c3cc(-c4ccccc4-c4ccc(-c5cc(C(C)(C)C)ccn5)cc4-c4ccccc4)cc(-c4ccccc4-c4ccc(-c5ccc(-c6nc(-c7cccc(-c8ccccc8)c7)nc(-c7cccc(-c8ccccc8)c7)n6)cn5)cc4-c4ccc5c6ccccc6n(-c6ccc(Cl)cc6)c5c4)c3)c(-c3ccccc3)c2)c1. The fraction of sp³-hybridized carbons (Fsp3) is 0.0656. The lowest BCUT2D eigenvalue weighted by Crippen LogP contribution is -2.11. The standard InChI is InChI=1S/C122H90ClN7/c1-121(2,3)95-63-65-124-114(76-95)87-51-59-105(110(73-87)81-33-15-9-16-34-81)102-44-22-19-41-99(102)92-69-93(100-42-20-23-45-103(100)106-60-52-88(74-111(106)82-35-17-10-18-36-82)115-77-96(64-66-125-115)122(4,5)6)71-94(70-92)101-43-21-24-46-104(101)107-58-50-86(72-112(107)85-49-61-109-108-47-25-26-48-116(108)130(117(109)75-85)98-56-54-97(123)55-57-98)113-62-53-91(78-126-113)120-128-118(89-39-27-37-83(67-89)79-29-11-7-12-30-79)127-119(129-120)90-40-28-38-84(68-90)80-31-13-8-14-32-80/h7-78H,1-6H3. The first kappa shape index (κ1) is 81.1. The summed E-state index contributed by atoms with van der Waals surface area (Å²) in [7, 11) is 0. The normalized spacial score (nSPS) is 11.7. The van der Waals surface area contributed by atoms with E-state index in [1.165, 1.54) is 11.1 Å². The molecule has 21 aromatic rings. The van der Waals surface area contributed by atoms with Crippen molar-refractivity contribution in [3.05, 3.63) is 453 Å². The summed E-state index contributed by atoms with van der Waals surface area (Å²) in [4.78, 5) is 31.3. The maximum atomic E-state index is 6.70. The number of nitrogens with zero attached hydrogens (tertiary/aromatic N) is 7. The van der Waals surface area contributed by atoms with Crippen LogP contribution in [0.2, 0.25) is 5.02 Å². The molecule has 0 aliphatic heterocycles. The largest absolute Gasteiger partial charge is 0.309 e. The third-order valence-electron chi connectivity index (χ3n) is 25.1. The Hall–Kier alpha value is -15.9. The van der Waals surface area contributed by atoms with E-state index >= 15 is 0 Å². The Kier molecular flexibility index (Phi) is 21.5. The van der Waals surface area contributed by atoms with E-state index in [1.807, 2.05) is 42.9 Å². The maximum Gasteiger partial charge on any atom is 0.165 e. The van der Waals surface area contributed by atoms with Gasteiger partial charge in [0.25, 0.3) is 0 Å². The van der Waals surface area contributed by atoms with Gasteiger partial charge in [0.1, 0.15) is 0 Å². The molecule has 0 amide bonds. The maximum absolute atomic E-state index is 6.70. The second-order valence-corrected chi connectivity index (χ2v) is 35.9. The van der Waals surface area contributed by atoms with Crippen molar-refractivity contribution in [2.45, 2.75) is 52.4 Å². The minimum Gasteiger partial charge on any atom is -0.309 e. The van der Waals surface area contributed by atoms with Gasteiger partial charge in [-0.25, -0.2) is 15.0 Å². The van der Waals surface area contributed by atoms with Crippen molar-refractivity contribution in [2.24, 2.45) is 0 Å². The molecule has 620 valence electrons. The molecule has 0 unspecified atom stereocenters. The van der Waals surface area contributed by atoms with Gasteiger partial charge in [-0.1, -0.05) is 350 Å². The van der Waals surface area contributed by atoms with Gasteiger partial charge in [0.2, 0.25) is 0 Å². The Morgan fingerprint density at radius 3 is 0.992 bits per heavy atom. The highest BCUT2D eigenvalue weighted by Crippen LogP contribution is 2.50. The van der Waals surface area contributed by atoms with E-state index in [1.54, 1.807) is 0 Å². The molecule has 5 heterocycles. The molecule has 0 bridgehead atoms. The summed E-state index contributed by atoms with van der Waals surface area (Å²) in [6.45, 7) is 13.6. The molecule has 130 heavy (non-hydrogen) atoms. The van der Waals surface area contributed by atoms with E-state index in [0.29, 0.717) is 22.5 Å². The second kappa shape index (κ2) is 34.4. The number of aromatic nitrogens is 7. The first-order chi connectivity index (χ1) is 63.6. The number of para-hydroxylation sites is 1. The number of fused-ring (bicyclic) bond motifs is 3. The van der Waals surface area contributed by atoms with Gasteiger partial charge in [0.15, 0.2) is 17.5 Å². The first-order valence-electron chi connectivity index (χ1n) is 44.3. The number of hydrogen-bond acceptors (Lipinski definition) is 6. The minimum atomic E-state index is -0.0656. The fourth-order valence-electron chi connectivity index (χ4n) is 18.3. The summed E-state index contributed by atoms with van der Waals surface area (Å²) in [5.74, 6) is 1.62. The molecule has 0 saturated heterocycles. The molecule has 0 fully saturated rings. The van der Waals surface area contributed by atoms with Gasteiger partial charge in [-0.2, -0.15) is 0 Å². The summed E-state index contributed by atoms with van der Waals surface area (Å²) >= 11 is 6.70. The Morgan fingerprint density at radius 1 is 0.208 bits per heavy atom. The Labute approximate surface area is 764 Å². The van der Waals surface area contributed by atoms with E-state index in [4.69, 9.17) is 41.5 Å². The zero-order valence-corrected chi connectivity index (χ0v) is 73.8. The molecule has 0 aliphatic carbocycles. The monoisotopic (exact) mass is 1690 g/mol. The van der Waals surface area contributed by atoms with Crippen LogP contribution >= 0.6 is 11.6 Å². The van der Waals surface area contributed by atoms with Crippen LogP contribution in [-0.4, -0.2) is 34.5 Å². The van der Waals surface area contributed by atoms with Crippen molar-refractivity contribution >= 4 is 33.4 Å². The summed E-state index contributed by atoms with van der Waals surface area (Å²) < 4.78 is 2.36. The highest BCUT2D eigenvalue weighted by molar-refractivity contribution is 6.30. The van der Waals surface area contributed by atoms with Crippen LogP contribution in [0.25, 0.3) is 218 Å². The number of rotatable bonds is 18. The molecule has 0 aliphatic rings. The molecule has 21 rings (SSSR count). The lowest BCUT2D eigenvalue weighted by atomic mass is 9.83. The highest BCUT2D eigenvalue weighted by Gasteiger charge is 2.26. The van der Waals surface area contributed by atoms with E-state index in [2.05, 4.69) is 440 Å². The Bertz CT molecular complexity index is 7540. The van der Waals surface area contributed by atoms with Gasteiger partial charge >= 0.3 is 0 Å². The van der Waals surface area contributed by atoms with Crippen molar-refractivity contribution in [2.75, 3.05) is 0 Å². The number of pyridine rings is 3. The average Bonchev–Trinajstić information content (AvgIpc) is 1.59. The highest BCUT2D eigenvalue weighted by atomic mass is 35.5. The van der Waals surface area contributed by atoms with Crippen LogP contribution in [0.5, 0.6) is 0 Å². The van der Waals surface area contributed by atoms with Crippen LogP contribution in [-0.2, 0) is 10.8 Å². The van der Waals surface area contributed by atoms with Gasteiger partial charge < -0.3 is 4.57 Å². The van der Waals surface area contributed by atoms with Crippen LogP contribution in [0.1, 0.15) is 52.7 Å². The fourth-order valence-corrected chi connectivity index (χ4v) is 18.4. The van der Waals surface area contributed by atoms with Gasteiger partial charge in [-0.15, -0.1) is 0 Å². The Balaban J connectivity index is 0.756.